The summed E-state index contributed by atoms with van der Waals surface area (Å²) >= 11 is 4.91. The third-order valence-electron chi connectivity index (χ3n) is 3.43. The van der Waals surface area contributed by atoms with Crippen molar-refractivity contribution >= 4 is 38.3 Å². The van der Waals surface area contributed by atoms with E-state index in [2.05, 4.69) is 36.3 Å². The van der Waals surface area contributed by atoms with Gasteiger partial charge in [-0.2, -0.15) is 0 Å². The molecule has 17 heavy (non-hydrogen) atoms. The van der Waals surface area contributed by atoms with E-state index in [1.165, 1.54) is 0 Å². The quantitative estimate of drug-likeness (QED) is 0.896. The van der Waals surface area contributed by atoms with Crippen LogP contribution >= 0.6 is 27.3 Å². The van der Waals surface area contributed by atoms with Gasteiger partial charge >= 0.3 is 0 Å². The van der Waals surface area contributed by atoms with Crippen molar-refractivity contribution in [3.8, 4) is 0 Å². The first-order chi connectivity index (χ1) is 8.15. The molecule has 2 aliphatic rings. The standard InChI is InChI=1S/C10H13BrN4OS/c1-5(16)12-7-2-3-15(8-4-6(7)8)10-14-13-9(11)17-10/h6-8H,2-4H2,1H3,(H,12,16). The van der Waals surface area contributed by atoms with E-state index in [1.807, 2.05) is 0 Å². The van der Waals surface area contributed by atoms with Gasteiger partial charge in [0.2, 0.25) is 11.0 Å². The van der Waals surface area contributed by atoms with Gasteiger partial charge in [0.05, 0.1) is 0 Å². The van der Waals surface area contributed by atoms with Crippen molar-refractivity contribution in [2.75, 3.05) is 11.4 Å². The largest absolute Gasteiger partial charge is 0.353 e. The molecule has 0 spiro atoms. The number of anilines is 1. The van der Waals surface area contributed by atoms with Crippen LogP contribution in [0.4, 0.5) is 5.13 Å². The maximum absolute atomic E-state index is 11.1. The second-order valence-electron chi connectivity index (χ2n) is 4.59. The number of nitrogens with one attached hydrogen (secondary N) is 1. The van der Waals surface area contributed by atoms with Gasteiger partial charge in [0, 0.05) is 31.5 Å². The lowest BCUT2D eigenvalue weighted by molar-refractivity contribution is -0.119. The molecule has 2 heterocycles. The molecule has 1 saturated heterocycles. The van der Waals surface area contributed by atoms with Crippen molar-refractivity contribution in [2.24, 2.45) is 5.92 Å². The van der Waals surface area contributed by atoms with Crippen LogP contribution in [0.25, 0.3) is 0 Å². The minimum atomic E-state index is 0.0766. The van der Waals surface area contributed by atoms with Crippen LogP contribution in [-0.4, -0.2) is 34.7 Å². The van der Waals surface area contributed by atoms with Gasteiger partial charge in [0.15, 0.2) is 3.92 Å². The Balaban J connectivity index is 1.68. The number of fused-ring (bicyclic) bond motifs is 1. The van der Waals surface area contributed by atoms with Crippen molar-refractivity contribution in [3.05, 3.63) is 3.92 Å². The molecule has 1 N–H and O–H groups in total. The monoisotopic (exact) mass is 316 g/mol. The molecule has 0 aromatic carbocycles. The smallest absolute Gasteiger partial charge is 0.217 e. The van der Waals surface area contributed by atoms with Crippen molar-refractivity contribution in [2.45, 2.75) is 31.8 Å². The first kappa shape index (κ1) is 11.4. The number of hydrogen-bond acceptors (Lipinski definition) is 5. The van der Waals surface area contributed by atoms with Crippen LogP contribution in [0.1, 0.15) is 19.8 Å². The summed E-state index contributed by atoms with van der Waals surface area (Å²) in [6.07, 6.45) is 2.15. The zero-order valence-corrected chi connectivity index (χ0v) is 11.8. The van der Waals surface area contributed by atoms with E-state index in [0.717, 1.165) is 28.4 Å². The van der Waals surface area contributed by atoms with Gasteiger partial charge in [0.25, 0.3) is 0 Å². The van der Waals surface area contributed by atoms with E-state index in [-0.39, 0.29) is 5.91 Å². The summed E-state index contributed by atoms with van der Waals surface area (Å²) in [4.78, 5) is 13.4. The average Bonchev–Trinajstić information content (AvgIpc) is 2.95. The predicted octanol–water partition coefficient (Wildman–Crippen LogP) is 1.40. The first-order valence-electron chi connectivity index (χ1n) is 5.68. The highest BCUT2D eigenvalue weighted by atomic mass is 79.9. The van der Waals surface area contributed by atoms with Crippen LogP contribution in [0, 0.1) is 5.92 Å². The molecule has 0 bridgehead atoms. The Kier molecular flexibility index (Phi) is 2.82. The van der Waals surface area contributed by atoms with Gasteiger partial charge in [-0.3, -0.25) is 4.79 Å². The molecular formula is C10H13BrN4OS. The van der Waals surface area contributed by atoms with Crippen LogP contribution in [0.15, 0.2) is 3.92 Å². The summed E-state index contributed by atoms with van der Waals surface area (Å²) in [7, 11) is 0. The Morgan fingerprint density at radius 1 is 1.59 bits per heavy atom. The molecule has 1 aliphatic carbocycles. The first-order valence-corrected chi connectivity index (χ1v) is 7.29. The third kappa shape index (κ3) is 2.18. The fraction of sp³-hybridized carbons (Fsp3) is 0.700. The Bertz CT molecular complexity index is 451. The molecule has 3 rings (SSSR count). The number of piperidine rings is 1. The predicted molar refractivity (Wildman–Crippen MR) is 69.1 cm³/mol. The van der Waals surface area contributed by atoms with Gasteiger partial charge in [-0.05, 0) is 28.8 Å². The number of nitrogens with zero attached hydrogens (tertiary/aromatic N) is 3. The van der Waals surface area contributed by atoms with E-state index in [9.17, 15) is 4.79 Å². The number of halogens is 1. The van der Waals surface area contributed by atoms with Gasteiger partial charge < -0.3 is 10.2 Å². The summed E-state index contributed by atoms with van der Waals surface area (Å²) in [6.45, 7) is 2.54. The molecule has 5 nitrogen and oxygen atoms in total. The molecule has 92 valence electrons. The summed E-state index contributed by atoms with van der Waals surface area (Å²) < 4.78 is 0.827. The lowest BCUT2D eigenvalue weighted by Gasteiger charge is -2.31. The number of hydrogen-bond donors (Lipinski definition) is 1. The highest BCUT2D eigenvalue weighted by Gasteiger charge is 2.51. The SMILES string of the molecule is CC(=O)NC1CCN(c2nnc(Br)s2)C2CC12. The Morgan fingerprint density at radius 3 is 3.06 bits per heavy atom. The van der Waals surface area contributed by atoms with Crippen LogP contribution in [-0.2, 0) is 4.79 Å². The summed E-state index contributed by atoms with van der Waals surface area (Å²) in [5.74, 6) is 0.670. The number of amides is 1. The van der Waals surface area contributed by atoms with Gasteiger partial charge in [-0.1, -0.05) is 11.3 Å². The van der Waals surface area contributed by atoms with E-state index < -0.39 is 0 Å². The van der Waals surface area contributed by atoms with Crippen molar-refractivity contribution < 1.29 is 4.79 Å². The second-order valence-corrected chi connectivity index (χ2v) is 6.83. The maximum atomic E-state index is 11.1. The maximum Gasteiger partial charge on any atom is 0.217 e. The molecule has 1 aromatic heterocycles. The molecule has 3 atom stereocenters. The van der Waals surface area contributed by atoms with Crippen LogP contribution < -0.4 is 10.2 Å². The number of carbonyl (C=O) groups is 1. The highest BCUT2D eigenvalue weighted by Crippen LogP contribution is 2.46. The summed E-state index contributed by atoms with van der Waals surface area (Å²) in [6, 6.07) is 0.894. The highest BCUT2D eigenvalue weighted by molar-refractivity contribution is 9.11. The van der Waals surface area contributed by atoms with Crippen LogP contribution in [0.3, 0.4) is 0 Å². The molecular weight excluding hydrogens is 304 g/mol. The topological polar surface area (TPSA) is 58.1 Å². The molecule has 2 fully saturated rings. The molecule has 7 heteroatoms. The number of rotatable bonds is 2. The van der Waals surface area contributed by atoms with E-state index in [4.69, 9.17) is 0 Å². The summed E-state index contributed by atoms with van der Waals surface area (Å²) in [5.41, 5.74) is 0. The van der Waals surface area contributed by atoms with E-state index in [0.29, 0.717) is 18.0 Å². The van der Waals surface area contributed by atoms with Crippen molar-refractivity contribution in [3.63, 3.8) is 0 Å². The van der Waals surface area contributed by atoms with Crippen LogP contribution in [0.2, 0.25) is 0 Å². The molecule has 1 aromatic rings. The second kappa shape index (κ2) is 4.20. The molecule has 0 radical (unpaired) electrons. The normalized spacial score (nSPS) is 30.9. The number of carbonyl (C=O) groups excluding carboxylic acids is 1. The molecule has 3 unspecified atom stereocenters. The fourth-order valence-electron chi connectivity index (χ4n) is 2.64. The van der Waals surface area contributed by atoms with E-state index in [1.54, 1.807) is 18.3 Å². The van der Waals surface area contributed by atoms with Gasteiger partial charge in [-0.15, -0.1) is 10.2 Å². The zero-order valence-electron chi connectivity index (χ0n) is 9.39. The van der Waals surface area contributed by atoms with Crippen LogP contribution in [0.5, 0.6) is 0 Å². The lowest BCUT2D eigenvalue weighted by Crippen LogP contribution is -2.45. The Hall–Kier alpha value is -0.690. The lowest BCUT2D eigenvalue weighted by atomic mass is 10.0. The van der Waals surface area contributed by atoms with Crippen molar-refractivity contribution in [1.29, 1.82) is 0 Å². The minimum absolute atomic E-state index is 0.0766. The van der Waals surface area contributed by atoms with Crippen molar-refractivity contribution in [1.82, 2.24) is 15.5 Å². The zero-order chi connectivity index (χ0) is 12.0. The third-order valence-corrected chi connectivity index (χ3v) is 4.82. The number of aromatic nitrogens is 2. The van der Waals surface area contributed by atoms with E-state index >= 15 is 0 Å². The molecule has 1 aliphatic heterocycles. The summed E-state index contributed by atoms with van der Waals surface area (Å²) in [5, 5.41) is 12.2. The van der Waals surface area contributed by atoms with Gasteiger partial charge in [0.1, 0.15) is 0 Å². The molecule has 1 amide bonds. The Morgan fingerprint density at radius 2 is 2.41 bits per heavy atom. The average molecular weight is 317 g/mol. The fourth-order valence-corrected chi connectivity index (χ4v) is 3.81. The van der Waals surface area contributed by atoms with Gasteiger partial charge in [-0.25, -0.2) is 0 Å². The molecule has 1 saturated carbocycles. The Labute approximate surface area is 112 Å². The minimum Gasteiger partial charge on any atom is -0.353 e.